The quantitative estimate of drug-likeness (QED) is 0.217. The summed E-state index contributed by atoms with van der Waals surface area (Å²) in [7, 11) is 0. The number of rotatable bonds is 11. The number of benzene rings is 2. The minimum absolute atomic E-state index is 0.0762. The first-order chi connectivity index (χ1) is 22.8. The molecule has 0 bridgehead atoms. The van der Waals surface area contributed by atoms with Gasteiger partial charge in [-0.1, -0.05) is 12.1 Å². The third-order valence-corrected chi connectivity index (χ3v) is 9.96. The van der Waals surface area contributed by atoms with E-state index in [0.29, 0.717) is 49.5 Å². The van der Waals surface area contributed by atoms with E-state index in [1.54, 1.807) is 23.2 Å². The van der Waals surface area contributed by atoms with Gasteiger partial charge in [-0.2, -0.15) is 0 Å². The van der Waals surface area contributed by atoms with Crippen LogP contribution in [-0.4, -0.2) is 77.6 Å². The standard InChI is InChI=1S/C39H48N4O4/c1-28(2)47-35-12-5-30(6-13-35)27-41-21-15-29(16-22-41)25-37(44)33-9-14-36(40-26-33)39(46)43-23-17-32(18-24-43)38(45)31-7-10-34(11-8-31)42-19-3-4-20-42/h5-14,26,28-29,32H,3-4,15-25,27H2,1-2H3. The molecule has 47 heavy (non-hydrogen) atoms. The van der Waals surface area contributed by atoms with E-state index in [2.05, 4.69) is 39.0 Å². The van der Waals surface area contributed by atoms with Gasteiger partial charge >= 0.3 is 0 Å². The molecule has 1 aromatic heterocycles. The summed E-state index contributed by atoms with van der Waals surface area (Å²) < 4.78 is 5.75. The molecule has 4 heterocycles. The highest BCUT2D eigenvalue weighted by molar-refractivity contribution is 5.99. The molecule has 0 radical (unpaired) electrons. The number of hydrogen-bond acceptors (Lipinski definition) is 7. The number of Topliss-reactive ketones (excluding diaryl/α,β-unsaturated/α-hetero) is 2. The topological polar surface area (TPSA) is 83.0 Å². The lowest BCUT2D eigenvalue weighted by Gasteiger charge is -2.32. The summed E-state index contributed by atoms with van der Waals surface area (Å²) in [5.41, 5.74) is 4.12. The SMILES string of the molecule is CC(C)Oc1ccc(CN2CCC(CC(=O)c3ccc(C(=O)N4CCC(C(=O)c5ccc(N6CCCC6)cc5)CC4)nc3)CC2)cc1. The highest BCUT2D eigenvalue weighted by Crippen LogP contribution is 2.27. The van der Waals surface area contributed by atoms with Crippen molar-refractivity contribution >= 4 is 23.2 Å². The third kappa shape index (κ3) is 8.47. The van der Waals surface area contributed by atoms with Crippen LogP contribution in [0.3, 0.4) is 0 Å². The van der Waals surface area contributed by atoms with Crippen molar-refractivity contribution in [2.45, 2.75) is 71.4 Å². The molecule has 3 aliphatic rings. The molecule has 3 aliphatic heterocycles. The van der Waals surface area contributed by atoms with Crippen LogP contribution in [0.1, 0.15) is 95.6 Å². The van der Waals surface area contributed by atoms with E-state index in [-0.39, 0.29) is 29.5 Å². The Hall–Kier alpha value is -4.04. The fourth-order valence-corrected chi connectivity index (χ4v) is 7.17. The maximum Gasteiger partial charge on any atom is 0.272 e. The number of piperidine rings is 2. The van der Waals surface area contributed by atoms with E-state index >= 15 is 0 Å². The minimum Gasteiger partial charge on any atom is -0.491 e. The second-order valence-electron chi connectivity index (χ2n) is 13.8. The smallest absolute Gasteiger partial charge is 0.272 e. The molecule has 3 saturated heterocycles. The highest BCUT2D eigenvalue weighted by atomic mass is 16.5. The number of pyridine rings is 1. The van der Waals surface area contributed by atoms with Gasteiger partial charge in [-0.25, -0.2) is 0 Å². The van der Waals surface area contributed by atoms with Crippen LogP contribution < -0.4 is 9.64 Å². The van der Waals surface area contributed by atoms with Crippen LogP contribution in [0.2, 0.25) is 0 Å². The van der Waals surface area contributed by atoms with Gasteiger partial charge in [-0.15, -0.1) is 0 Å². The summed E-state index contributed by atoms with van der Waals surface area (Å²) in [5.74, 6) is 1.29. The van der Waals surface area contributed by atoms with Crippen LogP contribution in [-0.2, 0) is 6.54 Å². The van der Waals surface area contributed by atoms with Crippen molar-refractivity contribution in [3.63, 3.8) is 0 Å². The highest BCUT2D eigenvalue weighted by Gasteiger charge is 2.29. The van der Waals surface area contributed by atoms with Crippen molar-refractivity contribution < 1.29 is 19.1 Å². The number of hydrogen-bond donors (Lipinski definition) is 0. The lowest BCUT2D eigenvalue weighted by Crippen LogP contribution is -2.40. The molecule has 0 aliphatic carbocycles. The van der Waals surface area contributed by atoms with E-state index < -0.39 is 0 Å². The summed E-state index contributed by atoms with van der Waals surface area (Å²) in [6.07, 6.45) is 7.96. The summed E-state index contributed by atoms with van der Waals surface area (Å²) in [6, 6.07) is 19.8. The predicted octanol–water partition coefficient (Wildman–Crippen LogP) is 6.69. The average Bonchev–Trinajstić information content (AvgIpc) is 3.65. The second-order valence-corrected chi connectivity index (χ2v) is 13.8. The van der Waals surface area contributed by atoms with Crippen LogP contribution in [0.25, 0.3) is 0 Å². The summed E-state index contributed by atoms with van der Waals surface area (Å²) >= 11 is 0. The van der Waals surface area contributed by atoms with Crippen LogP contribution in [0, 0.1) is 11.8 Å². The van der Waals surface area contributed by atoms with Crippen LogP contribution >= 0.6 is 0 Å². The molecule has 2 aromatic carbocycles. The van der Waals surface area contributed by atoms with Gasteiger partial charge in [0.25, 0.3) is 5.91 Å². The third-order valence-electron chi connectivity index (χ3n) is 9.96. The number of ketones is 2. The fourth-order valence-electron chi connectivity index (χ4n) is 7.17. The molecule has 1 amide bonds. The van der Waals surface area contributed by atoms with Crippen molar-refractivity contribution in [2.24, 2.45) is 11.8 Å². The Bertz CT molecular complexity index is 1500. The molecule has 0 N–H and O–H groups in total. The number of ether oxygens (including phenoxy) is 1. The average molecular weight is 637 g/mol. The van der Waals surface area contributed by atoms with Gasteiger partial charge in [0.15, 0.2) is 11.6 Å². The lowest BCUT2D eigenvalue weighted by atomic mass is 9.88. The predicted molar refractivity (Wildman–Crippen MR) is 184 cm³/mol. The number of carbonyl (C=O) groups excluding carboxylic acids is 3. The van der Waals surface area contributed by atoms with E-state index in [0.717, 1.165) is 56.9 Å². The first-order valence-corrected chi connectivity index (χ1v) is 17.5. The Morgan fingerprint density at radius 2 is 1.45 bits per heavy atom. The first-order valence-electron chi connectivity index (χ1n) is 17.5. The van der Waals surface area contributed by atoms with Crippen molar-refractivity contribution in [2.75, 3.05) is 44.2 Å². The lowest BCUT2D eigenvalue weighted by molar-refractivity contribution is 0.0645. The molecule has 8 heteroatoms. The van der Waals surface area contributed by atoms with Gasteiger partial charge in [-0.05, 0) is 125 Å². The molecule has 3 fully saturated rings. The largest absolute Gasteiger partial charge is 0.491 e. The number of amides is 1. The normalized spacial score (nSPS) is 18.1. The number of anilines is 1. The fraction of sp³-hybridized carbons (Fsp3) is 0.487. The molecule has 0 atom stereocenters. The summed E-state index contributed by atoms with van der Waals surface area (Å²) in [6.45, 7) is 10.1. The van der Waals surface area contributed by atoms with Crippen molar-refractivity contribution in [3.05, 3.63) is 89.2 Å². The molecular formula is C39H48N4O4. The first kappa shape index (κ1) is 32.9. The Labute approximate surface area is 279 Å². The van der Waals surface area contributed by atoms with Crippen molar-refractivity contribution in [1.29, 1.82) is 0 Å². The Kier molecular flexibility index (Phi) is 10.7. The molecule has 0 saturated carbocycles. The second kappa shape index (κ2) is 15.2. The van der Waals surface area contributed by atoms with Crippen LogP contribution in [0.5, 0.6) is 5.75 Å². The van der Waals surface area contributed by atoms with Crippen molar-refractivity contribution in [3.8, 4) is 5.75 Å². The minimum atomic E-state index is -0.140. The number of carbonyl (C=O) groups is 3. The van der Waals surface area contributed by atoms with E-state index in [9.17, 15) is 14.4 Å². The van der Waals surface area contributed by atoms with Gasteiger partial charge in [0, 0.05) is 68.1 Å². The molecule has 0 spiro atoms. The summed E-state index contributed by atoms with van der Waals surface area (Å²) in [4.78, 5) is 50.5. The summed E-state index contributed by atoms with van der Waals surface area (Å²) in [5, 5.41) is 0. The van der Waals surface area contributed by atoms with Gasteiger partial charge in [0.05, 0.1) is 6.10 Å². The zero-order valence-corrected chi connectivity index (χ0v) is 27.9. The van der Waals surface area contributed by atoms with Gasteiger partial charge in [0.2, 0.25) is 0 Å². The van der Waals surface area contributed by atoms with E-state index in [4.69, 9.17) is 4.74 Å². The molecule has 3 aromatic rings. The van der Waals surface area contributed by atoms with Crippen molar-refractivity contribution in [1.82, 2.24) is 14.8 Å². The van der Waals surface area contributed by atoms with Crippen LogP contribution in [0.15, 0.2) is 66.9 Å². The Morgan fingerprint density at radius 3 is 2.06 bits per heavy atom. The Balaban J connectivity index is 0.926. The molecule has 6 rings (SSSR count). The molecule has 248 valence electrons. The van der Waals surface area contributed by atoms with Gasteiger partial charge in [-0.3, -0.25) is 24.3 Å². The Morgan fingerprint density at radius 1 is 0.787 bits per heavy atom. The van der Waals surface area contributed by atoms with E-state index in [1.165, 1.54) is 24.1 Å². The van der Waals surface area contributed by atoms with Crippen LogP contribution in [0.4, 0.5) is 5.69 Å². The van der Waals surface area contributed by atoms with Gasteiger partial charge in [0.1, 0.15) is 11.4 Å². The number of likely N-dealkylation sites (tertiary alicyclic amines) is 2. The molecular weight excluding hydrogens is 588 g/mol. The molecule has 8 nitrogen and oxygen atoms in total. The maximum atomic E-state index is 13.2. The molecule has 0 unspecified atom stereocenters. The number of nitrogens with zero attached hydrogens (tertiary/aromatic N) is 4. The zero-order valence-electron chi connectivity index (χ0n) is 27.9. The zero-order chi connectivity index (χ0) is 32.8. The van der Waals surface area contributed by atoms with Gasteiger partial charge < -0.3 is 14.5 Å². The van der Waals surface area contributed by atoms with E-state index in [1.807, 2.05) is 38.1 Å². The monoisotopic (exact) mass is 636 g/mol. The number of aromatic nitrogens is 1. The maximum absolute atomic E-state index is 13.2.